The fourth-order valence-corrected chi connectivity index (χ4v) is 3.05. The Kier molecular flexibility index (Phi) is 4.82. The SMILES string of the molecule is CC(CNC(=O)NCC1(O)CCC1)Cc1cccs1. The molecule has 1 unspecified atom stereocenters. The molecule has 0 saturated heterocycles. The number of carbonyl (C=O) groups excluding carboxylic acids is 1. The summed E-state index contributed by atoms with van der Waals surface area (Å²) < 4.78 is 0. The molecule has 0 spiro atoms. The van der Waals surface area contributed by atoms with E-state index in [1.165, 1.54) is 4.88 Å². The maximum Gasteiger partial charge on any atom is 0.314 e. The van der Waals surface area contributed by atoms with Crippen molar-refractivity contribution in [1.29, 1.82) is 0 Å². The van der Waals surface area contributed by atoms with Gasteiger partial charge in [0, 0.05) is 18.0 Å². The zero-order valence-corrected chi connectivity index (χ0v) is 12.1. The largest absolute Gasteiger partial charge is 0.388 e. The Morgan fingerprint density at radius 2 is 2.32 bits per heavy atom. The predicted octanol–water partition coefficient (Wildman–Crippen LogP) is 2.14. The van der Waals surface area contributed by atoms with Gasteiger partial charge in [0.2, 0.25) is 0 Å². The molecule has 19 heavy (non-hydrogen) atoms. The molecule has 1 aliphatic carbocycles. The second-order valence-corrected chi connectivity index (χ2v) is 6.56. The number of nitrogens with one attached hydrogen (secondary N) is 2. The molecule has 1 aromatic heterocycles. The van der Waals surface area contributed by atoms with Crippen molar-refractivity contribution >= 4 is 17.4 Å². The van der Waals surface area contributed by atoms with Crippen LogP contribution in [0.15, 0.2) is 17.5 Å². The molecule has 0 aliphatic heterocycles. The molecule has 0 radical (unpaired) electrons. The first-order valence-corrected chi connectivity index (χ1v) is 7.72. The summed E-state index contributed by atoms with van der Waals surface area (Å²) in [7, 11) is 0. The highest BCUT2D eigenvalue weighted by molar-refractivity contribution is 7.09. The number of thiophene rings is 1. The van der Waals surface area contributed by atoms with Crippen molar-refractivity contribution in [2.75, 3.05) is 13.1 Å². The highest BCUT2D eigenvalue weighted by Gasteiger charge is 2.34. The molecule has 1 fully saturated rings. The molecule has 1 heterocycles. The van der Waals surface area contributed by atoms with E-state index in [0.29, 0.717) is 19.0 Å². The van der Waals surface area contributed by atoms with Crippen LogP contribution in [-0.2, 0) is 6.42 Å². The Morgan fingerprint density at radius 1 is 1.53 bits per heavy atom. The Bertz CT molecular complexity index is 402. The number of aliphatic hydroxyl groups is 1. The Morgan fingerprint density at radius 3 is 2.89 bits per heavy atom. The van der Waals surface area contributed by atoms with E-state index in [-0.39, 0.29) is 6.03 Å². The van der Waals surface area contributed by atoms with Crippen LogP contribution in [0.5, 0.6) is 0 Å². The average Bonchev–Trinajstić information content (AvgIpc) is 2.84. The summed E-state index contributed by atoms with van der Waals surface area (Å²) in [5.41, 5.74) is -0.653. The quantitative estimate of drug-likeness (QED) is 0.748. The lowest BCUT2D eigenvalue weighted by atomic mass is 9.80. The first-order valence-electron chi connectivity index (χ1n) is 6.84. The molecule has 2 rings (SSSR count). The summed E-state index contributed by atoms with van der Waals surface area (Å²) in [6.07, 6.45) is 3.63. The molecule has 2 amide bonds. The van der Waals surface area contributed by atoms with Crippen LogP contribution in [0, 0.1) is 5.92 Å². The summed E-state index contributed by atoms with van der Waals surface area (Å²) in [5.74, 6) is 0.413. The van der Waals surface area contributed by atoms with Gasteiger partial charge in [-0.3, -0.25) is 0 Å². The normalized spacial score (nSPS) is 18.4. The number of hydrogen-bond acceptors (Lipinski definition) is 3. The fraction of sp³-hybridized carbons (Fsp3) is 0.643. The minimum Gasteiger partial charge on any atom is -0.388 e. The molecule has 1 aromatic rings. The zero-order valence-electron chi connectivity index (χ0n) is 11.3. The monoisotopic (exact) mass is 282 g/mol. The molecule has 4 nitrogen and oxygen atoms in total. The van der Waals surface area contributed by atoms with E-state index >= 15 is 0 Å². The van der Waals surface area contributed by atoms with Gasteiger partial charge in [-0.15, -0.1) is 11.3 Å². The third kappa shape index (κ3) is 4.51. The van der Waals surface area contributed by atoms with E-state index in [1.807, 2.05) is 6.07 Å². The maximum atomic E-state index is 11.6. The van der Waals surface area contributed by atoms with Gasteiger partial charge in [-0.25, -0.2) is 4.79 Å². The lowest BCUT2D eigenvalue weighted by Crippen LogP contribution is -2.50. The predicted molar refractivity (Wildman–Crippen MR) is 77.4 cm³/mol. The molecule has 3 N–H and O–H groups in total. The molecule has 1 saturated carbocycles. The van der Waals surface area contributed by atoms with E-state index in [4.69, 9.17) is 0 Å². The number of hydrogen-bond donors (Lipinski definition) is 3. The molecule has 0 bridgehead atoms. The van der Waals surface area contributed by atoms with Crippen molar-refractivity contribution in [3.63, 3.8) is 0 Å². The van der Waals surface area contributed by atoms with Crippen molar-refractivity contribution in [3.05, 3.63) is 22.4 Å². The summed E-state index contributed by atoms with van der Waals surface area (Å²) in [5, 5.41) is 17.5. The van der Waals surface area contributed by atoms with Gasteiger partial charge in [-0.05, 0) is 43.0 Å². The first kappa shape index (κ1) is 14.3. The molecule has 1 atom stereocenters. The van der Waals surface area contributed by atoms with Gasteiger partial charge in [-0.2, -0.15) is 0 Å². The summed E-state index contributed by atoms with van der Waals surface area (Å²) in [6, 6.07) is 3.98. The lowest BCUT2D eigenvalue weighted by Gasteiger charge is -2.36. The highest BCUT2D eigenvalue weighted by atomic mass is 32.1. The van der Waals surface area contributed by atoms with Crippen LogP contribution in [0.25, 0.3) is 0 Å². The van der Waals surface area contributed by atoms with Crippen LogP contribution < -0.4 is 10.6 Å². The number of rotatable bonds is 6. The third-order valence-corrected chi connectivity index (χ3v) is 4.50. The zero-order chi connectivity index (χ0) is 13.7. The van der Waals surface area contributed by atoms with E-state index in [0.717, 1.165) is 25.7 Å². The van der Waals surface area contributed by atoms with Gasteiger partial charge >= 0.3 is 6.03 Å². The fourth-order valence-electron chi connectivity index (χ4n) is 2.18. The van der Waals surface area contributed by atoms with Crippen LogP contribution in [0.3, 0.4) is 0 Å². The molecule has 106 valence electrons. The van der Waals surface area contributed by atoms with E-state index in [1.54, 1.807) is 11.3 Å². The van der Waals surface area contributed by atoms with Crippen molar-refractivity contribution < 1.29 is 9.90 Å². The summed E-state index contributed by atoms with van der Waals surface area (Å²) >= 11 is 1.75. The topological polar surface area (TPSA) is 61.4 Å². The van der Waals surface area contributed by atoms with Crippen LogP contribution >= 0.6 is 11.3 Å². The number of carbonyl (C=O) groups is 1. The molecular formula is C14H22N2O2S. The molecule has 5 heteroatoms. The van der Waals surface area contributed by atoms with Gasteiger partial charge < -0.3 is 15.7 Å². The van der Waals surface area contributed by atoms with Gasteiger partial charge in [0.15, 0.2) is 0 Å². The van der Waals surface area contributed by atoms with Crippen molar-refractivity contribution in [2.45, 2.75) is 38.2 Å². The van der Waals surface area contributed by atoms with Crippen molar-refractivity contribution in [1.82, 2.24) is 10.6 Å². The molecule has 1 aliphatic rings. The molecule has 0 aromatic carbocycles. The van der Waals surface area contributed by atoms with Crippen LogP contribution in [0.1, 0.15) is 31.1 Å². The second-order valence-electron chi connectivity index (χ2n) is 5.53. The minimum absolute atomic E-state index is 0.182. The standard InChI is InChI=1S/C14H22N2O2S/c1-11(8-12-4-2-7-19-12)9-15-13(17)16-10-14(18)5-3-6-14/h2,4,7,11,18H,3,5-6,8-10H2,1H3,(H2,15,16,17). The van der Waals surface area contributed by atoms with Crippen molar-refractivity contribution in [3.8, 4) is 0 Å². The van der Waals surface area contributed by atoms with E-state index < -0.39 is 5.60 Å². The van der Waals surface area contributed by atoms with Gasteiger partial charge in [0.1, 0.15) is 0 Å². The van der Waals surface area contributed by atoms with Gasteiger partial charge in [0.25, 0.3) is 0 Å². The summed E-state index contributed by atoms with van der Waals surface area (Å²) in [6.45, 7) is 3.14. The van der Waals surface area contributed by atoms with Gasteiger partial charge in [0.05, 0.1) is 5.60 Å². The first-order chi connectivity index (χ1) is 9.07. The van der Waals surface area contributed by atoms with E-state index in [9.17, 15) is 9.90 Å². The Hall–Kier alpha value is -1.07. The van der Waals surface area contributed by atoms with Crippen molar-refractivity contribution in [2.24, 2.45) is 5.92 Å². The Balaban J connectivity index is 1.60. The summed E-state index contributed by atoms with van der Waals surface area (Å²) in [4.78, 5) is 13.0. The third-order valence-electron chi connectivity index (χ3n) is 3.60. The lowest BCUT2D eigenvalue weighted by molar-refractivity contribution is -0.0290. The van der Waals surface area contributed by atoms with Crippen LogP contribution in [-0.4, -0.2) is 29.8 Å². The van der Waals surface area contributed by atoms with Gasteiger partial charge in [-0.1, -0.05) is 13.0 Å². The highest BCUT2D eigenvalue weighted by Crippen LogP contribution is 2.30. The van der Waals surface area contributed by atoms with Crippen LogP contribution in [0.4, 0.5) is 4.79 Å². The minimum atomic E-state index is -0.653. The second kappa shape index (κ2) is 6.39. The van der Waals surface area contributed by atoms with E-state index in [2.05, 4.69) is 29.0 Å². The Labute approximate surface area is 118 Å². The number of urea groups is 1. The van der Waals surface area contributed by atoms with Crippen LogP contribution in [0.2, 0.25) is 0 Å². The smallest absolute Gasteiger partial charge is 0.314 e. The average molecular weight is 282 g/mol. The molecular weight excluding hydrogens is 260 g/mol. The number of amides is 2. The maximum absolute atomic E-state index is 11.6.